The molecule has 2 aliphatic heterocycles. The molecule has 2 atom stereocenters. The number of imidazole rings is 1. The Balaban J connectivity index is 1.47. The fourth-order valence-corrected chi connectivity index (χ4v) is 6.35. The number of hydrogen-bond acceptors (Lipinski definition) is 6. The first kappa shape index (κ1) is 22.9. The van der Waals surface area contributed by atoms with Gasteiger partial charge in [0, 0.05) is 44.8 Å². The number of amides is 1. The molecular weight excluding hydrogens is 452 g/mol. The number of benzene rings is 1. The highest BCUT2D eigenvalue weighted by Crippen LogP contribution is 2.45. The molecule has 0 saturated carbocycles. The van der Waals surface area contributed by atoms with Gasteiger partial charge in [-0.25, -0.2) is 9.78 Å². The molecular formula is C24H30N6O3S. The summed E-state index contributed by atoms with van der Waals surface area (Å²) in [6.07, 6.45) is 0.941. The van der Waals surface area contributed by atoms with Crippen LogP contribution in [-0.4, -0.2) is 61.4 Å². The number of likely N-dealkylation sites (N-methyl/N-ethyl adjacent to an activating group) is 1. The van der Waals surface area contributed by atoms with Crippen molar-refractivity contribution in [2.45, 2.75) is 43.9 Å². The summed E-state index contributed by atoms with van der Waals surface area (Å²) in [6.45, 7) is 6.45. The molecule has 0 spiro atoms. The second-order valence-electron chi connectivity index (χ2n) is 9.36. The minimum atomic E-state index is -0.414. The smallest absolute Gasteiger partial charge is 0.313 e. The van der Waals surface area contributed by atoms with Crippen molar-refractivity contribution in [3.05, 3.63) is 50.2 Å². The third-order valence-corrected chi connectivity index (χ3v) is 8.14. The lowest BCUT2D eigenvalue weighted by Crippen LogP contribution is -2.47. The summed E-state index contributed by atoms with van der Waals surface area (Å²) in [5.41, 5.74) is 3.43. The second-order valence-corrected chi connectivity index (χ2v) is 10.3. The fourth-order valence-electron chi connectivity index (χ4n) is 5.43. The van der Waals surface area contributed by atoms with Crippen LogP contribution in [0.1, 0.15) is 30.4 Å². The minimum Gasteiger partial charge on any atom is -0.313 e. The number of carbonyl (C=O) groups is 1. The van der Waals surface area contributed by atoms with Crippen molar-refractivity contribution in [1.29, 1.82) is 0 Å². The molecule has 2 aromatic heterocycles. The van der Waals surface area contributed by atoms with E-state index in [4.69, 9.17) is 0 Å². The number of nitrogens with zero attached hydrogens (tertiary/aromatic N) is 6. The van der Waals surface area contributed by atoms with Gasteiger partial charge in [0.05, 0.1) is 5.75 Å². The zero-order valence-electron chi connectivity index (χ0n) is 20.2. The van der Waals surface area contributed by atoms with E-state index in [0.29, 0.717) is 28.8 Å². The maximum atomic E-state index is 13.6. The van der Waals surface area contributed by atoms with Gasteiger partial charge < -0.3 is 14.4 Å². The van der Waals surface area contributed by atoms with Gasteiger partial charge in [-0.15, -0.1) is 0 Å². The molecule has 2 aliphatic rings. The van der Waals surface area contributed by atoms with Crippen molar-refractivity contribution in [3.8, 4) is 0 Å². The van der Waals surface area contributed by atoms with E-state index in [1.807, 2.05) is 11.8 Å². The maximum absolute atomic E-state index is 13.6. The highest BCUT2D eigenvalue weighted by atomic mass is 32.2. The van der Waals surface area contributed by atoms with E-state index in [9.17, 15) is 14.4 Å². The quantitative estimate of drug-likeness (QED) is 0.526. The molecule has 1 fully saturated rings. The van der Waals surface area contributed by atoms with Crippen LogP contribution in [0.5, 0.6) is 0 Å². The number of likely N-dealkylation sites (tertiary alicyclic amines) is 1. The number of aromatic nitrogens is 4. The topological polar surface area (TPSA) is 85.4 Å². The molecule has 180 valence electrons. The van der Waals surface area contributed by atoms with Gasteiger partial charge in [-0.1, -0.05) is 29.5 Å². The van der Waals surface area contributed by atoms with Crippen LogP contribution in [0.4, 0.5) is 5.69 Å². The largest absolute Gasteiger partial charge is 0.332 e. The Labute approximate surface area is 202 Å². The summed E-state index contributed by atoms with van der Waals surface area (Å²) in [5, 5.41) is 0.576. The third-order valence-electron chi connectivity index (χ3n) is 7.18. The van der Waals surface area contributed by atoms with E-state index in [1.165, 1.54) is 34.5 Å². The summed E-state index contributed by atoms with van der Waals surface area (Å²) in [6, 6.07) is 6.53. The molecule has 0 radical (unpaired) electrons. The Kier molecular flexibility index (Phi) is 5.68. The molecule has 5 rings (SSSR count). The fraction of sp³-hybridized carbons (Fsp3) is 0.500. The number of fused-ring (bicyclic) bond motifs is 4. The van der Waals surface area contributed by atoms with Crippen molar-refractivity contribution in [1.82, 2.24) is 23.6 Å². The zero-order chi connectivity index (χ0) is 24.3. The molecule has 0 aliphatic carbocycles. The number of thioether (sulfide) groups is 1. The first-order valence-electron chi connectivity index (χ1n) is 11.6. The number of piperidine rings is 1. The summed E-state index contributed by atoms with van der Waals surface area (Å²) in [4.78, 5) is 47.7. The van der Waals surface area contributed by atoms with Gasteiger partial charge in [-0.3, -0.25) is 18.7 Å². The van der Waals surface area contributed by atoms with E-state index in [0.717, 1.165) is 29.8 Å². The third kappa shape index (κ3) is 3.42. The zero-order valence-corrected chi connectivity index (χ0v) is 21.1. The minimum absolute atomic E-state index is 0.0451. The van der Waals surface area contributed by atoms with Gasteiger partial charge in [-0.05, 0) is 45.5 Å². The number of rotatable bonds is 4. The van der Waals surface area contributed by atoms with Gasteiger partial charge in [0.2, 0.25) is 5.91 Å². The lowest BCUT2D eigenvalue weighted by Gasteiger charge is -2.36. The Morgan fingerprint density at radius 3 is 2.68 bits per heavy atom. The van der Waals surface area contributed by atoms with E-state index in [1.54, 1.807) is 11.6 Å². The van der Waals surface area contributed by atoms with Gasteiger partial charge in [0.15, 0.2) is 16.3 Å². The normalized spacial score (nSPS) is 20.1. The van der Waals surface area contributed by atoms with Crippen LogP contribution < -0.4 is 16.1 Å². The molecule has 0 bridgehead atoms. The Bertz CT molecular complexity index is 1420. The van der Waals surface area contributed by atoms with Crippen LogP contribution in [0.15, 0.2) is 32.9 Å². The van der Waals surface area contributed by atoms with Crippen molar-refractivity contribution < 1.29 is 4.79 Å². The van der Waals surface area contributed by atoms with Crippen LogP contribution in [0, 0.1) is 6.92 Å². The SMILES string of the molecule is CCn1c(SCC(=O)N2c3ccc(C)cc3[C@@H]3CN(C)CC[C@@H]32)nc2c1c(=O)n(C)c(=O)n2C. The van der Waals surface area contributed by atoms with Crippen molar-refractivity contribution in [3.63, 3.8) is 0 Å². The molecule has 1 amide bonds. The predicted molar refractivity (Wildman–Crippen MR) is 134 cm³/mol. The molecule has 10 heteroatoms. The number of hydrogen-bond donors (Lipinski definition) is 0. The van der Waals surface area contributed by atoms with Crippen LogP contribution in [0.3, 0.4) is 0 Å². The Morgan fingerprint density at radius 2 is 1.94 bits per heavy atom. The summed E-state index contributed by atoms with van der Waals surface area (Å²) in [5.74, 6) is 0.577. The summed E-state index contributed by atoms with van der Waals surface area (Å²) < 4.78 is 4.28. The lowest BCUT2D eigenvalue weighted by atomic mass is 9.89. The first-order valence-corrected chi connectivity index (χ1v) is 12.6. The van der Waals surface area contributed by atoms with Crippen LogP contribution >= 0.6 is 11.8 Å². The summed E-state index contributed by atoms with van der Waals surface area (Å²) >= 11 is 1.33. The number of anilines is 1. The Morgan fingerprint density at radius 1 is 1.18 bits per heavy atom. The van der Waals surface area contributed by atoms with Crippen LogP contribution in [-0.2, 0) is 25.4 Å². The number of aryl methyl sites for hydroxylation is 3. The molecule has 1 saturated heterocycles. The monoisotopic (exact) mass is 482 g/mol. The van der Waals surface area contributed by atoms with E-state index in [2.05, 4.69) is 42.1 Å². The molecule has 9 nitrogen and oxygen atoms in total. The second kappa shape index (κ2) is 8.42. The molecule has 34 heavy (non-hydrogen) atoms. The first-order chi connectivity index (χ1) is 16.2. The van der Waals surface area contributed by atoms with E-state index >= 15 is 0 Å². The molecule has 0 unspecified atom stereocenters. The Hall–Kier alpha value is -2.85. The average molecular weight is 483 g/mol. The standard InChI is InChI=1S/C24H30N6O3S/c1-6-29-20-21(27(4)24(33)28(5)22(20)32)25-23(29)34-13-19(31)30-17-8-7-14(2)11-15(17)16-12-26(3)10-9-18(16)30/h7-8,11,16,18H,6,9-10,12-13H2,1-5H3/t16-,18-/m0/s1. The highest BCUT2D eigenvalue weighted by molar-refractivity contribution is 7.99. The van der Waals surface area contributed by atoms with Crippen LogP contribution in [0.25, 0.3) is 11.2 Å². The molecule has 3 aromatic rings. The van der Waals surface area contributed by atoms with E-state index < -0.39 is 5.69 Å². The van der Waals surface area contributed by atoms with Gasteiger partial charge in [0.25, 0.3) is 5.56 Å². The van der Waals surface area contributed by atoms with Gasteiger partial charge >= 0.3 is 5.69 Å². The maximum Gasteiger partial charge on any atom is 0.332 e. The van der Waals surface area contributed by atoms with Crippen molar-refractivity contribution in [2.24, 2.45) is 14.1 Å². The van der Waals surface area contributed by atoms with E-state index in [-0.39, 0.29) is 23.3 Å². The van der Waals surface area contributed by atoms with Gasteiger partial charge in [-0.2, -0.15) is 0 Å². The molecule has 0 N–H and O–H groups in total. The highest BCUT2D eigenvalue weighted by Gasteiger charge is 2.43. The molecule has 4 heterocycles. The predicted octanol–water partition coefficient (Wildman–Crippen LogP) is 1.69. The van der Waals surface area contributed by atoms with Crippen LogP contribution in [0.2, 0.25) is 0 Å². The lowest BCUT2D eigenvalue weighted by molar-refractivity contribution is -0.116. The van der Waals surface area contributed by atoms with Crippen molar-refractivity contribution >= 4 is 34.5 Å². The summed E-state index contributed by atoms with van der Waals surface area (Å²) in [7, 11) is 5.22. The van der Waals surface area contributed by atoms with Gasteiger partial charge in [0.1, 0.15) is 0 Å². The van der Waals surface area contributed by atoms with Crippen molar-refractivity contribution in [2.75, 3.05) is 30.8 Å². The molecule has 1 aromatic carbocycles. The average Bonchev–Trinajstić information content (AvgIpc) is 3.35. The number of carbonyl (C=O) groups excluding carboxylic acids is 1.